The summed E-state index contributed by atoms with van der Waals surface area (Å²) in [4.78, 5) is 18.4. The molecule has 1 aromatic carbocycles. The maximum Gasteiger partial charge on any atom is 0.229 e. The van der Waals surface area contributed by atoms with Crippen molar-refractivity contribution in [3.05, 3.63) is 41.9 Å². The predicted molar refractivity (Wildman–Crippen MR) is 106 cm³/mol. The van der Waals surface area contributed by atoms with E-state index in [0.29, 0.717) is 18.2 Å². The number of benzene rings is 1. The zero-order valence-corrected chi connectivity index (χ0v) is 15.9. The van der Waals surface area contributed by atoms with Gasteiger partial charge in [0, 0.05) is 43.3 Å². The number of imidazole rings is 1. The van der Waals surface area contributed by atoms with Gasteiger partial charge in [0.15, 0.2) is 0 Å². The number of aromatic nitrogens is 4. The number of hydrogen-bond donors (Lipinski definition) is 3. The molecule has 3 aromatic rings. The molecule has 27 heavy (non-hydrogen) atoms. The fourth-order valence-electron chi connectivity index (χ4n) is 2.71. The largest absolute Gasteiger partial charge is 0.496 e. The SMILES string of the molecule is COc1cc(Nc2nc(C)cc(N(C)CCO)n2)ccc1-c1nc(C)c[nH]1. The van der Waals surface area contributed by atoms with E-state index < -0.39 is 0 Å². The zero-order valence-electron chi connectivity index (χ0n) is 15.9. The number of aromatic amines is 1. The molecule has 8 heteroatoms. The molecule has 0 unspecified atom stereocenters. The van der Waals surface area contributed by atoms with Crippen LogP contribution in [0.4, 0.5) is 17.5 Å². The summed E-state index contributed by atoms with van der Waals surface area (Å²) in [6.07, 6.45) is 1.85. The van der Waals surface area contributed by atoms with E-state index in [2.05, 4.69) is 25.3 Å². The van der Waals surface area contributed by atoms with Crippen LogP contribution < -0.4 is 15.0 Å². The first-order valence-electron chi connectivity index (χ1n) is 8.65. The molecule has 142 valence electrons. The van der Waals surface area contributed by atoms with Crippen LogP contribution in [0.25, 0.3) is 11.4 Å². The molecule has 2 heterocycles. The average Bonchev–Trinajstić information content (AvgIpc) is 3.07. The minimum Gasteiger partial charge on any atom is -0.496 e. The van der Waals surface area contributed by atoms with Gasteiger partial charge in [-0.2, -0.15) is 4.98 Å². The van der Waals surface area contributed by atoms with Crippen molar-refractivity contribution in [1.29, 1.82) is 0 Å². The van der Waals surface area contributed by atoms with E-state index in [4.69, 9.17) is 9.84 Å². The Balaban J connectivity index is 1.87. The Morgan fingerprint density at radius 3 is 2.63 bits per heavy atom. The number of methoxy groups -OCH3 is 1. The van der Waals surface area contributed by atoms with Crippen molar-refractivity contribution in [3.8, 4) is 17.1 Å². The molecule has 0 aliphatic heterocycles. The zero-order chi connectivity index (χ0) is 19.4. The van der Waals surface area contributed by atoms with Gasteiger partial charge in [0.25, 0.3) is 0 Å². The van der Waals surface area contributed by atoms with Crippen LogP contribution in [0.3, 0.4) is 0 Å². The average molecular weight is 368 g/mol. The normalized spacial score (nSPS) is 10.7. The van der Waals surface area contributed by atoms with Gasteiger partial charge >= 0.3 is 0 Å². The van der Waals surface area contributed by atoms with Gasteiger partial charge in [-0.05, 0) is 26.0 Å². The number of nitrogens with zero attached hydrogens (tertiary/aromatic N) is 4. The summed E-state index contributed by atoms with van der Waals surface area (Å²) < 4.78 is 5.53. The molecule has 0 saturated carbocycles. The molecular formula is C19H24N6O2. The van der Waals surface area contributed by atoms with Gasteiger partial charge in [0.2, 0.25) is 5.95 Å². The number of aryl methyl sites for hydroxylation is 2. The van der Waals surface area contributed by atoms with Crippen molar-refractivity contribution in [2.24, 2.45) is 0 Å². The van der Waals surface area contributed by atoms with Crippen molar-refractivity contribution in [2.45, 2.75) is 13.8 Å². The number of hydrogen-bond acceptors (Lipinski definition) is 7. The van der Waals surface area contributed by atoms with Crippen LogP contribution >= 0.6 is 0 Å². The number of rotatable bonds is 7. The van der Waals surface area contributed by atoms with E-state index in [-0.39, 0.29) is 6.61 Å². The molecule has 0 radical (unpaired) electrons. The molecule has 0 spiro atoms. The second-order valence-electron chi connectivity index (χ2n) is 6.27. The highest BCUT2D eigenvalue weighted by atomic mass is 16.5. The molecule has 0 saturated heterocycles. The summed E-state index contributed by atoms with van der Waals surface area (Å²) in [6, 6.07) is 7.63. The van der Waals surface area contributed by atoms with Crippen molar-refractivity contribution < 1.29 is 9.84 Å². The van der Waals surface area contributed by atoms with Crippen molar-refractivity contribution in [2.75, 3.05) is 37.5 Å². The maximum absolute atomic E-state index is 9.13. The molecule has 2 aromatic heterocycles. The van der Waals surface area contributed by atoms with Crippen LogP contribution in [0.5, 0.6) is 5.75 Å². The highest BCUT2D eigenvalue weighted by Gasteiger charge is 2.12. The van der Waals surface area contributed by atoms with Gasteiger partial charge in [0.1, 0.15) is 17.4 Å². The summed E-state index contributed by atoms with van der Waals surface area (Å²) in [5, 5.41) is 12.3. The Morgan fingerprint density at radius 1 is 1.15 bits per heavy atom. The van der Waals surface area contributed by atoms with Gasteiger partial charge in [-0.1, -0.05) is 0 Å². The Morgan fingerprint density at radius 2 is 1.96 bits per heavy atom. The highest BCUT2D eigenvalue weighted by molar-refractivity contribution is 5.70. The first kappa shape index (κ1) is 18.7. The molecule has 0 atom stereocenters. The lowest BCUT2D eigenvalue weighted by Crippen LogP contribution is -2.22. The summed E-state index contributed by atoms with van der Waals surface area (Å²) in [5.41, 5.74) is 3.44. The Hall–Kier alpha value is -3.13. The Bertz CT molecular complexity index is 924. The molecule has 8 nitrogen and oxygen atoms in total. The molecule has 0 bridgehead atoms. The highest BCUT2D eigenvalue weighted by Crippen LogP contribution is 2.31. The summed E-state index contributed by atoms with van der Waals surface area (Å²) in [5.74, 6) is 2.68. The third-order valence-corrected chi connectivity index (χ3v) is 4.09. The molecule has 3 rings (SSSR count). The van der Waals surface area contributed by atoms with Gasteiger partial charge in [0.05, 0.1) is 25.0 Å². The number of nitrogens with one attached hydrogen (secondary N) is 2. The lowest BCUT2D eigenvalue weighted by molar-refractivity contribution is 0.304. The molecule has 0 fully saturated rings. The van der Waals surface area contributed by atoms with Crippen LogP contribution in [0.15, 0.2) is 30.5 Å². The number of aliphatic hydroxyl groups is 1. The summed E-state index contributed by atoms with van der Waals surface area (Å²) in [6.45, 7) is 4.41. The predicted octanol–water partition coefficient (Wildman–Crippen LogP) is 2.66. The standard InChI is InChI=1S/C19H24N6O2/c1-12-9-17(25(3)7-8-26)24-19(22-12)23-14-5-6-15(16(10-14)27-4)18-20-11-13(2)21-18/h5-6,9-11,26H,7-8H2,1-4H3,(H,20,21)(H,22,23,24). The van der Waals surface area contributed by atoms with E-state index in [1.165, 1.54) is 0 Å². The summed E-state index contributed by atoms with van der Waals surface area (Å²) >= 11 is 0. The number of ether oxygens (including phenoxy) is 1. The first-order chi connectivity index (χ1) is 13.0. The fraction of sp³-hybridized carbons (Fsp3) is 0.316. The number of H-pyrrole nitrogens is 1. The van der Waals surface area contributed by atoms with Crippen LogP contribution in [0.2, 0.25) is 0 Å². The first-order valence-corrected chi connectivity index (χ1v) is 8.65. The summed E-state index contributed by atoms with van der Waals surface area (Å²) in [7, 11) is 3.51. The van der Waals surface area contributed by atoms with Crippen molar-refractivity contribution >= 4 is 17.5 Å². The molecule has 0 aliphatic carbocycles. The topological polar surface area (TPSA) is 99.2 Å². The number of likely N-dealkylation sites (N-methyl/N-ethyl adjacent to an activating group) is 1. The molecule has 0 aliphatic rings. The van der Waals surface area contributed by atoms with Gasteiger partial charge in [-0.3, -0.25) is 0 Å². The van der Waals surface area contributed by atoms with Crippen LogP contribution in [-0.4, -0.2) is 52.4 Å². The van der Waals surface area contributed by atoms with Crippen molar-refractivity contribution in [3.63, 3.8) is 0 Å². The Kier molecular flexibility index (Phi) is 5.56. The number of aliphatic hydroxyl groups excluding tert-OH is 1. The molecule has 3 N–H and O–H groups in total. The van der Waals surface area contributed by atoms with E-state index in [1.54, 1.807) is 7.11 Å². The second-order valence-corrected chi connectivity index (χ2v) is 6.27. The monoisotopic (exact) mass is 368 g/mol. The lowest BCUT2D eigenvalue weighted by atomic mass is 10.1. The number of anilines is 3. The van der Waals surface area contributed by atoms with Gasteiger partial charge < -0.3 is 25.0 Å². The molecule has 0 amide bonds. The van der Waals surface area contributed by atoms with E-state index in [0.717, 1.165) is 34.3 Å². The smallest absolute Gasteiger partial charge is 0.229 e. The fourth-order valence-corrected chi connectivity index (χ4v) is 2.71. The van der Waals surface area contributed by atoms with E-state index in [9.17, 15) is 0 Å². The minimum atomic E-state index is 0.0627. The van der Waals surface area contributed by atoms with Gasteiger partial charge in [-0.25, -0.2) is 9.97 Å². The van der Waals surface area contributed by atoms with E-state index >= 15 is 0 Å². The quantitative estimate of drug-likeness (QED) is 0.589. The van der Waals surface area contributed by atoms with E-state index in [1.807, 2.05) is 56.3 Å². The third kappa shape index (κ3) is 4.35. The lowest BCUT2D eigenvalue weighted by Gasteiger charge is -2.18. The van der Waals surface area contributed by atoms with Gasteiger partial charge in [-0.15, -0.1) is 0 Å². The van der Waals surface area contributed by atoms with Crippen LogP contribution in [0, 0.1) is 13.8 Å². The Labute approximate surface area is 158 Å². The second kappa shape index (κ2) is 8.05. The van der Waals surface area contributed by atoms with Crippen LogP contribution in [0.1, 0.15) is 11.4 Å². The maximum atomic E-state index is 9.13. The third-order valence-electron chi connectivity index (χ3n) is 4.09. The minimum absolute atomic E-state index is 0.0627. The van der Waals surface area contributed by atoms with Crippen molar-refractivity contribution in [1.82, 2.24) is 19.9 Å². The van der Waals surface area contributed by atoms with Crippen LogP contribution in [-0.2, 0) is 0 Å². The molecular weight excluding hydrogens is 344 g/mol.